The smallest absolute Gasteiger partial charge is 0.298 e. The van der Waals surface area contributed by atoms with Gasteiger partial charge in [-0.25, -0.2) is 8.78 Å². The van der Waals surface area contributed by atoms with E-state index in [0.29, 0.717) is 11.8 Å². The van der Waals surface area contributed by atoms with Gasteiger partial charge in [-0.15, -0.1) is 0 Å². The molecule has 2 heterocycles. The summed E-state index contributed by atoms with van der Waals surface area (Å²) in [6.07, 6.45) is 4.57. The Bertz CT molecular complexity index is 1040. The van der Waals surface area contributed by atoms with Gasteiger partial charge in [0.2, 0.25) is 0 Å². The van der Waals surface area contributed by atoms with E-state index in [1.165, 1.54) is 6.42 Å². The van der Waals surface area contributed by atoms with Gasteiger partial charge in [0.05, 0.1) is 12.8 Å². The minimum atomic E-state index is -0.878. The van der Waals surface area contributed by atoms with E-state index in [9.17, 15) is 18.0 Å². The number of oxazole rings is 1. The molecule has 9 heteroatoms. The molecule has 184 valence electrons. The third-order valence-electron chi connectivity index (χ3n) is 7.79. The van der Waals surface area contributed by atoms with Crippen molar-refractivity contribution in [2.24, 2.45) is 17.3 Å². The molecular weight excluding hydrogens is 447 g/mol. The van der Waals surface area contributed by atoms with Crippen molar-refractivity contribution in [3.63, 3.8) is 0 Å². The van der Waals surface area contributed by atoms with E-state index >= 15 is 0 Å². The Labute approximate surface area is 196 Å². The topological polar surface area (TPSA) is 67.6 Å². The van der Waals surface area contributed by atoms with E-state index in [0.717, 1.165) is 50.9 Å². The summed E-state index contributed by atoms with van der Waals surface area (Å²) in [6.45, 7) is 5.04. The molecule has 3 aliphatic rings. The lowest BCUT2D eigenvalue weighted by molar-refractivity contribution is 0.102. The number of fused-ring (bicyclic) bond motifs is 1. The fraction of sp³-hybridized carbons (Fsp3) is 0.600. The number of hydrogen-bond donors (Lipinski definition) is 1. The van der Waals surface area contributed by atoms with Crippen LogP contribution in [0.4, 0.5) is 24.9 Å². The van der Waals surface area contributed by atoms with E-state index in [4.69, 9.17) is 9.15 Å². The second kappa shape index (κ2) is 8.82. The van der Waals surface area contributed by atoms with E-state index in [1.807, 2.05) is 4.90 Å². The number of hydrogen-bond acceptors (Lipinski definition) is 5. The second-order valence-electron chi connectivity index (χ2n) is 9.96. The van der Waals surface area contributed by atoms with Gasteiger partial charge in [0.15, 0.2) is 23.1 Å². The molecule has 6 nitrogen and oxygen atoms in total. The van der Waals surface area contributed by atoms with Crippen LogP contribution in [0, 0.1) is 28.9 Å². The summed E-state index contributed by atoms with van der Waals surface area (Å²) < 4.78 is 53.6. The SMILES string of the molecule is CCC1(CC)CN(c2nc(C(=O)Nc3cc(F)c(OC4CC5CC5C4)c(F)c3)c(CCF)o2)C1. The number of ether oxygens (including phenoxy) is 1. The minimum absolute atomic E-state index is 0.0719. The fourth-order valence-corrected chi connectivity index (χ4v) is 5.36. The van der Waals surface area contributed by atoms with Crippen LogP contribution in [0.3, 0.4) is 0 Å². The van der Waals surface area contributed by atoms with Crippen LogP contribution in [0.15, 0.2) is 16.5 Å². The summed E-state index contributed by atoms with van der Waals surface area (Å²) in [4.78, 5) is 19.1. The molecule has 0 spiro atoms. The molecular formula is C25H30F3N3O3. The highest BCUT2D eigenvalue weighted by molar-refractivity contribution is 6.03. The van der Waals surface area contributed by atoms with Crippen molar-refractivity contribution in [3.8, 4) is 5.75 Å². The molecule has 0 radical (unpaired) electrons. The first-order chi connectivity index (χ1) is 16.3. The lowest BCUT2D eigenvalue weighted by Gasteiger charge is -2.48. The van der Waals surface area contributed by atoms with Crippen molar-refractivity contribution in [1.82, 2.24) is 4.98 Å². The maximum atomic E-state index is 14.6. The first-order valence-electron chi connectivity index (χ1n) is 12.1. The molecule has 34 heavy (non-hydrogen) atoms. The molecule has 1 aliphatic heterocycles. The highest BCUT2D eigenvalue weighted by atomic mass is 19.1. The van der Waals surface area contributed by atoms with Crippen molar-refractivity contribution >= 4 is 17.6 Å². The molecule has 2 aliphatic carbocycles. The minimum Gasteiger partial charge on any atom is -0.484 e. The molecule has 3 fully saturated rings. The highest BCUT2D eigenvalue weighted by Crippen LogP contribution is 2.52. The predicted octanol–water partition coefficient (Wildman–Crippen LogP) is 5.52. The molecule has 1 amide bonds. The van der Waals surface area contributed by atoms with Crippen molar-refractivity contribution in [2.45, 2.75) is 58.5 Å². The Morgan fingerprint density at radius 1 is 1.18 bits per heavy atom. The summed E-state index contributed by atoms with van der Waals surface area (Å²) in [5.41, 5.74) is 0.0383. The summed E-state index contributed by atoms with van der Waals surface area (Å²) in [7, 11) is 0. The van der Waals surface area contributed by atoms with E-state index in [1.54, 1.807) is 0 Å². The largest absolute Gasteiger partial charge is 0.484 e. The number of carbonyl (C=O) groups excluding carboxylic acids is 1. The average Bonchev–Trinajstić information content (AvgIpc) is 3.18. The van der Waals surface area contributed by atoms with Crippen LogP contribution >= 0.6 is 0 Å². The van der Waals surface area contributed by atoms with Crippen LogP contribution in [-0.4, -0.2) is 36.8 Å². The Balaban J connectivity index is 1.29. The molecule has 1 saturated heterocycles. The number of amides is 1. The maximum absolute atomic E-state index is 14.6. The van der Waals surface area contributed by atoms with Crippen LogP contribution in [0.2, 0.25) is 0 Å². The number of aryl methyl sites for hydroxylation is 1. The zero-order valence-corrected chi connectivity index (χ0v) is 19.5. The van der Waals surface area contributed by atoms with E-state index in [-0.39, 0.29) is 41.1 Å². The number of rotatable bonds is 9. The van der Waals surface area contributed by atoms with Gasteiger partial charge in [-0.05, 0) is 43.9 Å². The van der Waals surface area contributed by atoms with Gasteiger partial charge < -0.3 is 19.4 Å². The normalized spacial score (nSPS) is 24.5. The van der Waals surface area contributed by atoms with Crippen LogP contribution in [-0.2, 0) is 6.42 Å². The molecule has 0 bridgehead atoms. The number of carbonyl (C=O) groups is 1. The quantitative estimate of drug-likeness (QED) is 0.515. The van der Waals surface area contributed by atoms with Gasteiger partial charge in [-0.3, -0.25) is 9.18 Å². The van der Waals surface area contributed by atoms with Crippen molar-refractivity contribution in [2.75, 3.05) is 30.0 Å². The standard InChI is InChI=1S/C25H30F3N3O3/c1-3-25(4-2)12-31(13-25)24-30-21(20(34-24)5-6-26)23(32)29-16-10-18(27)22(19(28)11-16)33-17-8-14-7-15(14)9-17/h10-11,14-15,17H,3-9,12-13H2,1-2H3,(H,29,32). The van der Waals surface area contributed by atoms with Gasteiger partial charge in [0.25, 0.3) is 11.9 Å². The summed E-state index contributed by atoms with van der Waals surface area (Å²) in [5, 5.41) is 2.46. The molecule has 1 aromatic heterocycles. The molecule has 1 N–H and O–H groups in total. The number of aromatic nitrogens is 1. The van der Waals surface area contributed by atoms with Crippen molar-refractivity contribution in [1.29, 1.82) is 0 Å². The number of benzene rings is 1. The van der Waals surface area contributed by atoms with Crippen LogP contribution < -0.4 is 15.0 Å². The van der Waals surface area contributed by atoms with Gasteiger partial charge in [-0.2, -0.15) is 4.98 Å². The number of halogens is 3. The molecule has 1 aromatic carbocycles. The summed E-state index contributed by atoms with van der Waals surface area (Å²) >= 11 is 0. The summed E-state index contributed by atoms with van der Waals surface area (Å²) in [6, 6.07) is 2.31. The van der Waals surface area contributed by atoms with Crippen molar-refractivity contribution in [3.05, 3.63) is 35.2 Å². The van der Waals surface area contributed by atoms with E-state index in [2.05, 4.69) is 24.1 Å². The molecule has 2 aromatic rings. The first kappa shape index (κ1) is 23.1. The molecule has 2 saturated carbocycles. The lowest BCUT2D eigenvalue weighted by Crippen LogP contribution is -2.56. The highest BCUT2D eigenvalue weighted by Gasteiger charge is 2.47. The fourth-order valence-electron chi connectivity index (χ4n) is 5.36. The Morgan fingerprint density at radius 3 is 2.41 bits per heavy atom. The second-order valence-corrected chi connectivity index (χ2v) is 9.96. The van der Waals surface area contributed by atoms with E-state index < -0.39 is 30.0 Å². The number of anilines is 2. The van der Waals surface area contributed by atoms with Crippen LogP contribution in [0.5, 0.6) is 5.75 Å². The average molecular weight is 478 g/mol. The van der Waals surface area contributed by atoms with Crippen LogP contribution in [0.1, 0.15) is 62.2 Å². The van der Waals surface area contributed by atoms with Gasteiger partial charge in [0.1, 0.15) is 5.76 Å². The van der Waals surface area contributed by atoms with Gasteiger partial charge >= 0.3 is 0 Å². The monoisotopic (exact) mass is 477 g/mol. The molecule has 2 atom stereocenters. The lowest BCUT2D eigenvalue weighted by atomic mass is 9.75. The first-order valence-corrected chi connectivity index (χ1v) is 12.1. The zero-order chi connectivity index (χ0) is 24.0. The maximum Gasteiger partial charge on any atom is 0.298 e. The third kappa shape index (κ3) is 4.25. The molecule has 5 rings (SSSR count). The Hall–Kier alpha value is -2.71. The third-order valence-corrected chi connectivity index (χ3v) is 7.79. The number of alkyl halides is 1. The predicted molar refractivity (Wildman–Crippen MR) is 121 cm³/mol. The van der Waals surface area contributed by atoms with Gasteiger partial charge in [0, 0.05) is 42.7 Å². The molecule has 2 unspecified atom stereocenters. The van der Waals surface area contributed by atoms with Gasteiger partial charge in [-0.1, -0.05) is 13.8 Å². The van der Waals surface area contributed by atoms with Crippen molar-refractivity contribution < 1.29 is 27.1 Å². The number of nitrogens with one attached hydrogen (secondary N) is 1. The Kier molecular flexibility index (Phi) is 5.98. The Morgan fingerprint density at radius 2 is 1.82 bits per heavy atom. The summed E-state index contributed by atoms with van der Waals surface area (Å²) in [5.74, 6) is -1.53. The number of nitrogens with zero attached hydrogens (tertiary/aromatic N) is 2. The zero-order valence-electron chi connectivity index (χ0n) is 19.5. The van der Waals surface area contributed by atoms with Crippen LogP contribution in [0.25, 0.3) is 0 Å².